The van der Waals surface area contributed by atoms with Crippen LogP contribution in [0.3, 0.4) is 0 Å². The van der Waals surface area contributed by atoms with E-state index in [1.54, 1.807) is 26.4 Å². The highest BCUT2D eigenvalue weighted by Gasteiger charge is 2.13. The lowest BCUT2D eigenvalue weighted by Crippen LogP contribution is -2.14. The van der Waals surface area contributed by atoms with Crippen molar-refractivity contribution in [3.63, 3.8) is 0 Å². The molecule has 23 heavy (non-hydrogen) atoms. The quantitative estimate of drug-likeness (QED) is 0.842. The topological polar surface area (TPSA) is 73.3 Å². The molecular formula is C16H21N3O3S. The Hall–Kier alpha value is -2.15. The summed E-state index contributed by atoms with van der Waals surface area (Å²) in [6, 6.07) is 5.38. The van der Waals surface area contributed by atoms with Gasteiger partial charge in [-0.1, -0.05) is 31.3 Å². The smallest absolute Gasteiger partial charge is 0.230 e. The van der Waals surface area contributed by atoms with Crippen molar-refractivity contribution in [3.05, 3.63) is 28.8 Å². The number of nitrogens with one attached hydrogen (secondary N) is 1. The minimum absolute atomic E-state index is 0.152. The largest absolute Gasteiger partial charge is 0.497 e. The Balaban J connectivity index is 2.00. The van der Waals surface area contributed by atoms with E-state index in [1.807, 2.05) is 6.07 Å². The van der Waals surface area contributed by atoms with E-state index < -0.39 is 0 Å². The van der Waals surface area contributed by atoms with Crippen molar-refractivity contribution in [2.45, 2.75) is 26.7 Å². The molecule has 0 aliphatic carbocycles. The van der Waals surface area contributed by atoms with Gasteiger partial charge in [0, 0.05) is 18.1 Å². The Morgan fingerprint density at radius 3 is 2.70 bits per heavy atom. The first kappa shape index (κ1) is 17.2. The molecule has 0 aliphatic heterocycles. The summed E-state index contributed by atoms with van der Waals surface area (Å²) in [6.45, 7) is 4.24. The van der Waals surface area contributed by atoms with E-state index in [0.717, 1.165) is 17.0 Å². The van der Waals surface area contributed by atoms with E-state index in [9.17, 15) is 4.79 Å². The summed E-state index contributed by atoms with van der Waals surface area (Å²) in [4.78, 5) is 12.2. The van der Waals surface area contributed by atoms with Crippen LogP contribution in [0.5, 0.6) is 11.5 Å². The predicted molar refractivity (Wildman–Crippen MR) is 90.3 cm³/mol. The fourth-order valence-electron chi connectivity index (χ4n) is 2.07. The first-order valence-corrected chi connectivity index (χ1v) is 8.16. The van der Waals surface area contributed by atoms with Gasteiger partial charge in [0.2, 0.25) is 11.0 Å². The van der Waals surface area contributed by atoms with Crippen molar-refractivity contribution < 1.29 is 14.3 Å². The van der Waals surface area contributed by atoms with Gasteiger partial charge in [-0.15, -0.1) is 10.2 Å². The molecule has 0 fully saturated rings. The zero-order chi connectivity index (χ0) is 16.8. The summed E-state index contributed by atoms with van der Waals surface area (Å²) in [5, 5.41) is 12.3. The number of ether oxygens (including phenoxy) is 2. The maximum absolute atomic E-state index is 12.2. The van der Waals surface area contributed by atoms with Crippen LogP contribution in [0, 0.1) is 5.92 Å². The van der Waals surface area contributed by atoms with E-state index in [-0.39, 0.29) is 12.3 Å². The van der Waals surface area contributed by atoms with Gasteiger partial charge in [-0.3, -0.25) is 4.79 Å². The van der Waals surface area contributed by atoms with Crippen molar-refractivity contribution in [1.82, 2.24) is 10.2 Å². The van der Waals surface area contributed by atoms with Gasteiger partial charge in [-0.25, -0.2) is 0 Å². The van der Waals surface area contributed by atoms with Crippen LogP contribution in [-0.2, 0) is 17.6 Å². The average Bonchev–Trinajstić information content (AvgIpc) is 2.93. The lowest BCUT2D eigenvalue weighted by Gasteiger charge is -2.09. The van der Waals surface area contributed by atoms with Crippen LogP contribution in [0.2, 0.25) is 0 Å². The number of methoxy groups -OCH3 is 2. The summed E-state index contributed by atoms with van der Waals surface area (Å²) < 4.78 is 10.5. The molecule has 0 saturated carbocycles. The fraction of sp³-hybridized carbons (Fsp3) is 0.438. The summed E-state index contributed by atoms with van der Waals surface area (Å²) in [5.41, 5.74) is 0.790. The molecule has 124 valence electrons. The number of amides is 1. The van der Waals surface area contributed by atoms with Crippen molar-refractivity contribution in [1.29, 1.82) is 0 Å². The molecule has 1 aromatic heterocycles. The van der Waals surface area contributed by atoms with Crippen LogP contribution in [0.4, 0.5) is 5.13 Å². The van der Waals surface area contributed by atoms with Gasteiger partial charge in [-0.2, -0.15) is 0 Å². The van der Waals surface area contributed by atoms with Crippen LogP contribution in [0.15, 0.2) is 18.2 Å². The van der Waals surface area contributed by atoms with Crippen LogP contribution in [0.1, 0.15) is 24.4 Å². The number of hydrogen-bond acceptors (Lipinski definition) is 6. The van der Waals surface area contributed by atoms with Gasteiger partial charge in [0.1, 0.15) is 16.5 Å². The average molecular weight is 335 g/mol. The second-order valence-corrected chi connectivity index (χ2v) is 6.56. The van der Waals surface area contributed by atoms with Crippen molar-refractivity contribution in [3.8, 4) is 11.5 Å². The van der Waals surface area contributed by atoms with Crippen LogP contribution in [-0.4, -0.2) is 30.3 Å². The maximum Gasteiger partial charge on any atom is 0.230 e. The third-order valence-electron chi connectivity index (χ3n) is 3.14. The van der Waals surface area contributed by atoms with E-state index in [2.05, 4.69) is 29.4 Å². The number of anilines is 1. The molecule has 7 heteroatoms. The Morgan fingerprint density at radius 2 is 2.04 bits per heavy atom. The first-order chi connectivity index (χ1) is 11.0. The summed E-state index contributed by atoms with van der Waals surface area (Å²) in [5.74, 6) is 1.67. The molecular weight excluding hydrogens is 314 g/mol. The molecule has 0 radical (unpaired) electrons. The number of rotatable bonds is 7. The highest BCUT2D eigenvalue weighted by atomic mass is 32.1. The number of benzene rings is 1. The van der Waals surface area contributed by atoms with Gasteiger partial charge in [0.05, 0.1) is 20.6 Å². The molecule has 2 aromatic rings. The molecule has 1 N–H and O–H groups in total. The number of carbonyl (C=O) groups is 1. The summed E-state index contributed by atoms with van der Waals surface area (Å²) in [6.07, 6.45) is 1.06. The van der Waals surface area contributed by atoms with Crippen LogP contribution >= 0.6 is 11.3 Å². The monoisotopic (exact) mass is 335 g/mol. The Bertz CT molecular complexity index is 670. The second-order valence-electron chi connectivity index (χ2n) is 5.50. The van der Waals surface area contributed by atoms with Crippen molar-refractivity contribution >= 4 is 22.4 Å². The first-order valence-electron chi connectivity index (χ1n) is 7.35. The second kappa shape index (κ2) is 7.92. The predicted octanol–water partition coefficient (Wildman–Crippen LogP) is 2.94. The highest BCUT2D eigenvalue weighted by molar-refractivity contribution is 7.15. The SMILES string of the molecule is COc1ccc(CC(=O)Nc2nnc(CC(C)C)s2)c(OC)c1. The van der Waals surface area contributed by atoms with Crippen LogP contribution in [0.25, 0.3) is 0 Å². The Labute approximate surface area is 139 Å². The third kappa shape index (κ3) is 4.92. The standard InChI is InChI=1S/C16H21N3O3S/c1-10(2)7-15-18-19-16(23-15)17-14(20)8-11-5-6-12(21-3)9-13(11)22-4/h5-6,9-10H,7-8H2,1-4H3,(H,17,19,20). The van der Waals surface area contributed by atoms with E-state index in [0.29, 0.717) is 22.5 Å². The molecule has 2 rings (SSSR count). The van der Waals surface area contributed by atoms with Gasteiger partial charge in [0.15, 0.2) is 0 Å². The zero-order valence-corrected chi connectivity index (χ0v) is 14.6. The van der Waals surface area contributed by atoms with Crippen molar-refractivity contribution in [2.75, 3.05) is 19.5 Å². The maximum atomic E-state index is 12.2. The normalized spacial score (nSPS) is 10.7. The number of hydrogen-bond donors (Lipinski definition) is 1. The molecule has 0 saturated heterocycles. The lowest BCUT2D eigenvalue weighted by molar-refractivity contribution is -0.115. The lowest BCUT2D eigenvalue weighted by atomic mass is 10.1. The molecule has 0 unspecified atom stereocenters. The van der Waals surface area contributed by atoms with Gasteiger partial charge >= 0.3 is 0 Å². The molecule has 1 amide bonds. The minimum Gasteiger partial charge on any atom is -0.497 e. The number of nitrogens with zero attached hydrogens (tertiary/aromatic N) is 2. The van der Waals surface area contributed by atoms with Crippen molar-refractivity contribution in [2.24, 2.45) is 5.92 Å². The summed E-state index contributed by atoms with van der Waals surface area (Å²) >= 11 is 1.41. The van der Waals surface area contributed by atoms with E-state index >= 15 is 0 Å². The molecule has 1 heterocycles. The van der Waals surface area contributed by atoms with Gasteiger partial charge < -0.3 is 14.8 Å². The zero-order valence-electron chi connectivity index (χ0n) is 13.8. The number of aromatic nitrogens is 2. The van der Waals surface area contributed by atoms with Gasteiger partial charge in [0.25, 0.3) is 0 Å². The Kier molecular flexibility index (Phi) is 5.92. The molecule has 0 spiro atoms. The molecule has 0 aliphatic rings. The van der Waals surface area contributed by atoms with Gasteiger partial charge in [-0.05, 0) is 12.0 Å². The fourth-order valence-corrected chi connectivity index (χ4v) is 3.04. The molecule has 6 nitrogen and oxygen atoms in total. The van der Waals surface area contributed by atoms with Crippen LogP contribution < -0.4 is 14.8 Å². The van der Waals surface area contributed by atoms with E-state index in [1.165, 1.54) is 11.3 Å². The minimum atomic E-state index is -0.152. The highest BCUT2D eigenvalue weighted by Crippen LogP contribution is 2.25. The number of carbonyl (C=O) groups excluding carboxylic acids is 1. The third-order valence-corrected chi connectivity index (χ3v) is 4.00. The molecule has 0 bridgehead atoms. The molecule has 0 atom stereocenters. The van der Waals surface area contributed by atoms with E-state index in [4.69, 9.17) is 9.47 Å². The Morgan fingerprint density at radius 1 is 1.26 bits per heavy atom. The summed E-state index contributed by atoms with van der Waals surface area (Å²) in [7, 11) is 3.16. The molecule has 1 aromatic carbocycles.